The summed E-state index contributed by atoms with van der Waals surface area (Å²) in [6, 6.07) is 11.0. The number of nitrogen functional groups attached to an aromatic ring is 1. The fraction of sp³-hybridized carbons (Fsp3) is 0.345. The number of carbonyl (C=O) groups is 3. The van der Waals surface area contributed by atoms with Crippen molar-refractivity contribution in [2.45, 2.75) is 76.0 Å². The van der Waals surface area contributed by atoms with E-state index in [2.05, 4.69) is 26.8 Å². The minimum atomic E-state index is -2.02. The Morgan fingerprint density at radius 2 is 1.90 bits per heavy atom. The van der Waals surface area contributed by atoms with E-state index in [0.717, 1.165) is 29.9 Å². The number of nitriles is 1. The SMILES string of the molecule is C=C(COC(=O)Nc1cc2cc3c(nc2cc1F)-c1cc2c(c(=O)n1C3)COC(=O)C2(O)CC)C(=O)N1CCN(c2nc(OCC34CCCN3CC(F)C4)nc3c(F)c(-c4ccc(F)c5sc(N)c(C#N)c45)c(Cl)cc23)C(C)C1. The summed E-state index contributed by atoms with van der Waals surface area (Å²) in [5.41, 5.74) is 4.24. The molecule has 7 aromatic rings. The van der Waals surface area contributed by atoms with Crippen LogP contribution in [0.5, 0.6) is 6.01 Å². The number of ether oxygens (including phenoxy) is 3. The summed E-state index contributed by atoms with van der Waals surface area (Å²) in [6.07, 6.45) is -0.370. The number of nitrogens with one attached hydrogen (secondary N) is 1. The topological polar surface area (TPSA) is 231 Å². The summed E-state index contributed by atoms with van der Waals surface area (Å²) in [7, 11) is 0. The molecule has 4 unspecified atom stereocenters. The second-order valence-electron chi connectivity index (χ2n) is 20.6. The van der Waals surface area contributed by atoms with Gasteiger partial charge in [0.05, 0.1) is 55.5 Å². The molecule has 4 aromatic heterocycles. The van der Waals surface area contributed by atoms with E-state index >= 15 is 13.2 Å². The highest BCUT2D eigenvalue weighted by atomic mass is 35.5. The maximum Gasteiger partial charge on any atom is 0.412 e. The van der Waals surface area contributed by atoms with Gasteiger partial charge in [0.1, 0.15) is 60.0 Å². The highest BCUT2D eigenvalue weighted by molar-refractivity contribution is 7.23. The molecule has 0 aliphatic carbocycles. The minimum Gasteiger partial charge on any atom is -0.461 e. The standard InChI is InChI=1S/C55H47ClF4N10O8S/c1-4-55(75)34-15-40-44-28(20-70(40)50(72)33(34)23-76-51(55)73)12-27-13-39(37(59)16-38(27)63-44)64-53(74)77-22-25(2)49(71)67-10-11-69(26(3)19-67)48-31-14-35(56)42(30-6-7-36(58)46-41(30)32(18-61)47(62)79-46)43(60)45(31)65-52(66-48)78-24-54-8-5-9-68(54)21-29(57)17-54/h6-7,12-16,26,29,75H,2,4-5,8-11,17,19-24,62H2,1,3H3,(H,64,74). The monoisotopic (exact) mass is 1120 g/mol. The number of aliphatic hydroxyl groups is 1. The lowest BCUT2D eigenvalue weighted by molar-refractivity contribution is -0.172. The van der Waals surface area contributed by atoms with Crippen LogP contribution in [-0.4, -0.2) is 116 Å². The first-order valence-corrected chi connectivity index (χ1v) is 26.6. The van der Waals surface area contributed by atoms with Crippen molar-refractivity contribution in [2.75, 3.05) is 61.9 Å². The normalized spacial score (nSPS) is 21.4. The minimum absolute atomic E-state index is 0.0300. The molecule has 5 aliphatic heterocycles. The molecule has 3 aromatic carbocycles. The van der Waals surface area contributed by atoms with Gasteiger partial charge in [0.2, 0.25) is 0 Å². The van der Waals surface area contributed by atoms with Gasteiger partial charge >= 0.3 is 18.1 Å². The fourth-order valence-electron chi connectivity index (χ4n) is 12.0. The molecule has 0 bridgehead atoms. The molecule has 3 fully saturated rings. The van der Waals surface area contributed by atoms with Crippen LogP contribution in [0.3, 0.4) is 0 Å². The van der Waals surface area contributed by atoms with Gasteiger partial charge in [-0.2, -0.15) is 15.2 Å². The molecule has 12 rings (SSSR count). The van der Waals surface area contributed by atoms with Crippen LogP contribution in [0.2, 0.25) is 5.02 Å². The van der Waals surface area contributed by atoms with Gasteiger partial charge in [-0.3, -0.25) is 19.8 Å². The second-order valence-corrected chi connectivity index (χ2v) is 22.1. The molecule has 9 heterocycles. The number of fused-ring (bicyclic) bond motifs is 8. The fourth-order valence-corrected chi connectivity index (χ4v) is 13.2. The zero-order chi connectivity index (χ0) is 55.6. The predicted molar refractivity (Wildman–Crippen MR) is 285 cm³/mol. The first-order valence-electron chi connectivity index (χ1n) is 25.4. The van der Waals surface area contributed by atoms with Crippen molar-refractivity contribution in [1.82, 2.24) is 29.3 Å². The summed E-state index contributed by atoms with van der Waals surface area (Å²) in [6.45, 7) is 7.88. The summed E-state index contributed by atoms with van der Waals surface area (Å²) in [5.74, 6) is -3.58. The number of nitrogens with two attached hydrogens (primary N) is 1. The molecule has 79 heavy (non-hydrogen) atoms. The number of rotatable bonds is 10. The van der Waals surface area contributed by atoms with E-state index in [1.807, 2.05) is 17.9 Å². The number of aromatic nitrogens is 4. The molecule has 4 atom stereocenters. The van der Waals surface area contributed by atoms with Crippen LogP contribution < -0.4 is 26.2 Å². The smallest absolute Gasteiger partial charge is 0.412 e. The summed E-state index contributed by atoms with van der Waals surface area (Å²) < 4.78 is 81.3. The third-order valence-corrected chi connectivity index (χ3v) is 17.3. The van der Waals surface area contributed by atoms with Crippen molar-refractivity contribution in [2.24, 2.45) is 0 Å². The highest BCUT2D eigenvalue weighted by Crippen LogP contribution is 2.47. The summed E-state index contributed by atoms with van der Waals surface area (Å²) >= 11 is 7.81. The van der Waals surface area contributed by atoms with Crippen LogP contribution >= 0.6 is 22.9 Å². The number of anilines is 3. The van der Waals surface area contributed by atoms with Gasteiger partial charge in [-0.15, -0.1) is 11.3 Å². The number of nitrogens with zero attached hydrogens (tertiary/aromatic N) is 8. The Hall–Kier alpha value is -7.91. The highest BCUT2D eigenvalue weighted by Gasteiger charge is 2.50. The Morgan fingerprint density at radius 3 is 2.67 bits per heavy atom. The van der Waals surface area contributed by atoms with Gasteiger partial charge in [-0.05, 0) is 68.6 Å². The lowest BCUT2D eigenvalue weighted by Gasteiger charge is -2.41. The van der Waals surface area contributed by atoms with Crippen LogP contribution in [0.15, 0.2) is 59.4 Å². The Kier molecular flexibility index (Phi) is 12.6. The number of alkyl halides is 1. The van der Waals surface area contributed by atoms with E-state index in [1.54, 1.807) is 19.1 Å². The molecule has 3 saturated heterocycles. The van der Waals surface area contributed by atoms with Crippen LogP contribution in [-0.2, 0) is 37.8 Å². The lowest BCUT2D eigenvalue weighted by atomic mass is 9.86. The molecular formula is C55H47ClF4N10O8S. The van der Waals surface area contributed by atoms with Gasteiger partial charge in [0.15, 0.2) is 11.4 Å². The number of piperazine rings is 1. The van der Waals surface area contributed by atoms with E-state index in [1.165, 1.54) is 27.7 Å². The number of pyridine rings is 2. The van der Waals surface area contributed by atoms with Gasteiger partial charge < -0.3 is 39.4 Å². The molecule has 4 N–H and O–H groups in total. The van der Waals surface area contributed by atoms with E-state index < -0.39 is 70.9 Å². The van der Waals surface area contributed by atoms with Crippen LogP contribution in [0.25, 0.3) is 54.4 Å². The van der Waals surface area contributed by atoms with E-state index in [9.17, 15) is 33.9 Å². The van der Waals surface area contributed by atoms with Crippen LogP contribution in [0, 0.1) is 28.8 Å². The number of carbonyl (C=O) groups excluding carboxylic acids is 3. The van der Waals surface area contributed by atoms with Crippen molar-refractivity contribution in [3.05, 3.63) is 110 Å². The van der Waals surface area contributed by atoms with Crippen LogP contribution in [0.1, 0.15) is 61.8 Å². The number of thiophene rings is 1. The summed E-state index contributed by atoms with van der Waals surface area (Å²) in [5, 5.41) is 24.2. The Bertz CT molecular complexity index is 3970. The molecule has 0 spiro atoms. The molecule has 5 aliphatic rings. The molecule has 2 amide bonds. The average Bonchev–Trinajstić information content (AvgIpc) is 4.20. The molecule has 0 saturated carbocycles. The quantitative estimate of drug-likeness (QED) is 0.0665. The maximum atomic E-state index is 17.4. The molecule has 0 radical (unpaired) electrons. The number of esters is 1. The van der Waals surface area contributed by atoms with Crippen molar-refractivity contribution in [1.29, 1.82) is 5.26 Å². The van der Waals surface area contributed by atoms with E-state index in [0.29, 0.717) is 35.3 Å². The maximum absolute atomic E-state index is 17.4. The van der Waals surface area contributed by atoms with Gasteiger partial charge in [0.25, 0.3) is 11.5 Å². The second kappa shape index (κ2) is 19.2. The first-order chi connectivity index (χ1) is 37.8. The van der Waals surface area contributed by atoms with Gasteiger partial charge in [-0.1, -0.05) is 31.2 Å². The molecule has 18 nitrogen and oxygen atoms in total. The third-order valence-electron chi connectivity index (χ3n) is 16.0. The third kappa shape index (κ3) is 8.37. The lowest BCUT2D eigenvalue weighted by Crippen LogP contribution is -2.54. The molecule has 406 valence electrons. The van der Waals surface area contributed by atoms with Crippen molar-refractivity contribution in [3.63, 3.8) is 0 Å². The van der Waals surface area contributed by atoms with E-state index in [4.69, 9.17) is 36.5 Å². The Balaban J connectivity index is 0.756. The summed E-state index contributed by atoms with van der Waals surface area (Å²) in [4.78, 5) is 72.6. The zero-order valence-corrected chi connectivity index (χ0v) is 43.9. The zero-order valence-electron chi connectivity index (χ0n) is 42.4. The number of benzene rings is 3. The largest absolute Gasteiger partial charge is 0.461 e. The Morgan fingerprint density at radius 1 is 1.09 bits per heavy atom. The number of hydrogen-bond acceptors (Lipinski definition) is 16. The van der Waals surface area contributed by atoms with Crippen molar-refractivity contribution < 1.29 is 51.3 Å². The predicted octanol–water partition coefficient (Wildman–Crippen LogP) is 8.23. The molecular weight excluding hydrogens is 1070 g/mol. The molecule has 24 heteroatoms. The van der Waals surface area contributed by atoms with E-state index in [-0.39, 0.29) is 146 Å². The average molecular weight is 1120 g/mol. The van der Waals surface area contributed by atoms with Gasteiger partial charge in [-0.25, -0.2) is 32.1 Å². The van der Waals surface area contributed by atoms with Crippen molar-refractivity contribution in [3.8, 4) is 34.6 Å². The van der Waals surface area contributed by atoms with Gasteiger partial charge in [0, 0.05) is 83.1 Å². The Labute approximate surface area is 455 Å². The van der Waals surface area contributed by atoms with Crippen LogP contribution in [0.4, 0.5) is 38.9 Å². The first kappa shape index (κ1) is 51.8. The number of cyclic esters (lactones) is 1. The number of amides is 2. The number of hydrogen-bond donors (Lipinski definition) is 3. The van der Waals surface area contributed by atoms with Crippen molar-refractivity contribution >= 4 is 89.3 Å². The number of halogens is 5.